The molecule has 0 atom stereocenters. The molecule has 42 heavy (non-hydrogen) atoms. The van der Waals surface area contributed by atoms with Crippen molar-refractivity contribution < 1.29 is 26.7 Å². The van der Waals surface area contributed by atoms with Crippen LogP contribution in [-0.2, 0) is 22.8 Å². The number of sulfone groups is 1. The molecule has 0 bridgehead atoms. The number of imidazole rings is 1. The maximum absolute atomic E-state index is 13.2. The Balaban J connectivity index is 1.58. The number of nitrogens with zero attached hydrogens (tertiary/aromatic N) is 4. The van der Waals surface area contributed by atoms with Crippen molar-refractivity contribution in [1.82, 2.24) is 19.4 Å². The topological polar surface area (TPSA) is 94.4 Å². The summed E-state index contributed by atoms with van der Waals surface area (Å²) >= 11 is 0. The molecule has 0 spiro atoms. The summed E-state index contributed by atoms with van der Waals surface area (Å²) in [6.45, 7) is -2.77. The molecule has 0 aliphatic heterocycles. The second-order valence-electron chi connectivity index (χ2n) is 10.0. The largest absolute Gasteiger partial charge is 0.434 e. The SMILES string of the molecule is CN(C)C(=O)c1ccc(-c2ccc3nc(Cc4ccc(S(C)(=O)=O)cc4)n(Cc4ccccc4OC(F)F)c3c2)cn1. The Morgan fingerprint density at radius 3 is 2.33 bits per heavy atom. The van der Waals surface area contributed by atoms with Gasteiger partial charge in [0.1, 0.15) is 17.3 Å². The Morgan fingerprint density at radius 1 is 0.976 bits per heavy atom. The van der Waals surface area contributed by atoms with Gasteiger partial charge in [-0.05, 0) is 47.5 Å². The van der Waals surface area contributed by atoms with Gasteiger partial charge < -0.3 is 14.2 Å². The molecule has 2 aromatic heterocycles. The number of fused-ring (bicyclic) bond motifs is 1. The lowest BCUT2D eigenvalue weighted by atomic mass is 10.1. The summed E-state index contributed by atoms with van der Waals surface area (Å²) < 4.78 is 56.9. The highest BCUT2D eigenvalue weighted by atomic mass is 32.2. The number of pyridine rings is 1. The Hall–Kier alpha value is -4.64. The minimum Gasteiger partial charge on any atom is -0.434 e. The summed E-state index contributed by atoms with van der Waals surface area (Å²) in [5.74, 6) is 0.527. The molecule has 1 amide bonds. The predicted octanol–water partition coefficient (Wildman–Crippen LogP) is 5.44. The molecule has 0 fully saturated rings. The average Bonchev–Trinajstić information content (AvgIpc) is 3.29. The van der Waals surface area contributed by atoms with Crippen LogP contribution in [0.1, 0.15) is 27.4 Å². The first kappa shape index (κ1) is 28.9. The van der Waals surface area contributed by atoms with Gasteiger partial charge in [-0.1, -0.05) is 42.5 Å². The molecule has 8 nitrogen and oxygen atoms in total. The molecule has 0 saturated carbocycles. The van der Waals surface area contributed by atoms with E-state index in [1.807, 2.05) is 28.8 Å². The van der Waals surface area contributed by atoms with Crippen LogP contribution in [0.5, 0.6) is 5.75 Å². The van der Waals surface area contributed by atoms with Crippen molar-refractivity contribution in [3.63, 3.8) is 0 Å². The number of hydrogen-bond acceptors (Lipinski definition) is 6. The lowest BCUT2D eigenvalue weighted by Gasteiger charge is -2.14. The van der Waals surface area contributed by atoms with E-state index in [1.165, 1.54) is 11.0 Å². The van der Waals surface area contributed by atoms with Crippen LogP contribution in [-0.4, -0.2) is 60.7 Å². The molecule has 5 aromatic rings. The van der Waals surface area contributed by atoms with Gasteiger partial charge in [-0.15, -0.1) is 0 Å². The lowest BCUT2D eigenvalue weighted by Crippen LogP contribution is -2.22. The van der Waals surface area contributed by atoms with Gasteiger partial charge in [0.15, 0.2) is 9.84 Å². The van der Waals surface area contributed by atoms with Gasteiger partial charge in [-0.3, -0.25) is 9.78 Å². The third-order valence-electron chi connectivity index (χ3n) is 6.78. The van der Waals surface area contributed by atoms with E-state index in [0.29, 0.717) is 29.0 Å². The molecule has 216 valence electrons. The van der Waals surface area contributed by atoms with E-state index in [1.54, 1.807) is 68.8 Å². The van der Waals surface area contributed by atoms with Gasteiger partial charge in [0.25, 0.3) is 5.91 Å². The van der Waals surface area contributed by atoms with E-state index in [2.05, 4.69) is 4.98 Å². The standard InChI is InChI=1S/C31H28F2N4O4S/c1-36(2)30(38)26-15-11-22(18-34-26)21-10-14-25-27(17-21)37(19-23-6-4-5-7-28(23)41-31(32)33)29(35-25)16-20-8-12-24(13-9-20)42(3,39)40/h4-15,17-18,31H,16,19H2,1-3H3. The van der Waals surface area contributed by atoms with Crippen LogP contribution < -0.4 is 4.74 Å². The Bertz CT molecular complexity index is 1850. The van der Waals surface area contributed by atoms with Crippen LogP contribution in [0.3, 0.4) is 0 Å². The van der Waals surface area contributed by atoms with Crippen molar-refractivity contribution in [1.29, 1.82) is 0 Å². The maximum atomic E-state index is 13.2. The van der Waals surface area contributed by atoms with Crippen LogP contribution in [0.4, 0.5) is 8.78 Å². The summed E-state index contributed by atoms with van der Waals surface area (Å²) in [6.07, 6.45) is 3.16. The zero-order valence-electron chi connectivity index (χ0n) is 23.2. The summed E-state index contributed by atoms with van der Waals surface area (Å²) in [4.78, 5) is 23.1. The number of carbonyl (C=O) groups excluding carboxylic acids is 1. The smallest absolute Gasteiger partial charge is 0.387 e. The molecule has 0 radical (unpaired) electrons. The average molecular weight is 591 g/mol. The first-order valence-corrected chi connectivity index (χ1v) is 14.9. The van der Waals surface area contributed by atoms with Crippen LogP contribution in [0, 0.1) is 0 Å². The minimum absolute atomic E-state index is 0.0688. The van der Waals surface area contributed by atoms with E-state index < -0.39 is 16.4 Å². The highest BCUT2D eigenvalue weighted by Crippen LogP contribution is 2.29. The molecule has 3 aromatic carbocycles. The van der Waals surface area contributed by atoms with Gasteiger partial charge in [0.05, 0.1) is 22.5 Å². The number of carbonyl (C=O) groups is 1. The normalized spacial score (nSPS) is 11.7. The second-order valence-corrected chi connectivity index (χ2v) is 12.0. The number of amides is 1. The molecule has 0 aliphatic carbocycles. The zero-order valence-corrected chi connectivity index (χ0v) is 24.0. The van der Waals surface area contributed by atoms with Crippen molar-refractivity contribution in [2.24, 2.45) is 0 Å². The maximum Gasteiger partial charge on any atom is 0.387 e. The van der Waals surface area contributed by atoms with Gasteiger partial charge >= 0.3 is 6.61 Å². The van der Waals surface area contributed by atoms with Crippen LogP contribution in [0.15, 0.2) is 90.0 Å². The van der Waals surface area contributed by atoms with Crippen molar-refractivity contribution >= 4 is 26.8 Å². The van der Waals surface area contributed by atoms with E-state index in [4.69, 9.17) is 9.72 Å². The molecule has 0 aliphatic rings. The lowest BCUT2D eigenvalue weighted by molar-refractivity contribution is -0.0504. The van der Waals surface area contributed by atoms with Crippen molar-refractivity contribution in [2.75, 3.05) is 20.4 Å². The number of para-hydroxylation sites is 1. The molecule has 0 N–H and O–H groups in total. The fraction of sp³-hybridized carbons (Fsp3) is 0.194. The van der Waals surface area contributed by atoms with Crippen LogP contribution in [0.2, 0.25) is 0 Å². The molecular formula is C31H28F2N4O4S. The minimum atomic E-state index is -3.34. The first-order chi connectivity index (χ1) is 20.0. The van der Waals surface area contributed by atoms with E-state index in [9.17, 15) is 22.0 Å². The molecular weight excluding hydrogens is 562 g/mol. The third kappa shape index (κ3) is 6.31. The zero-order chi connectivity index (χ0) is 30.0. The fourth-order valence-corrected chi connectivity index (χ4v) is 5.27. The number of ether oxygens (including phenoxy) is 1. The van der Waals surface area contributed by atoms with Gasteiger partial charge in [-0.2, -0.15) is 8.78 Å². The number of benzene rings is 3. The summed E-state index contributed by atoms with van der Waals surface area (Å²) in [7, 11) is -0.0180. The number of aromatic nitrogens is 3. The predicted molar refractivity (Wildman–Crippen MR) is 156 cm³/mol. The van der Waals surface area contributed by atoms with Crippen LogP contribution in [0.25, 0.3) is 22.2 Å². The quantitative estimate of drug-likeness (QED) is 0.227. The van der Waals surface area contributed by atoms with Crippen LogP contribution >= 0.6 is 0 Å². The molecule has 5 rings (SSSR count). The monoisotopic (exact) mass is 590 g/mol. The Morgan fingerprint density at radius 2 is 1.69 bits per heavy atom. The van der Waals surface area contributed by atoms with Gasteiger partial charge in [0.2, 0.25) is 0 Å². The van der Waals surface area contributed by atoms with Gasteiger partial charge in [0, 0.05) is 44.1 Å². The number of halogens is 2. The molecule has 0 unspecified atom stereocenters. The number of rotatable bonds is 9. The van der Waals surface area contributed by atoms with Crippen molar-refractivity contribution in [2.45, 2.75) is 24.5 Å². The Kier molecular flexibility index (Phi) is 8.04. The summed E-state index contributed by atoms with van der Waals surface area (Å²) in [5, 5.41) is 0. The van der Waals surface area contributed by atoms with Crippen molar-refractivity contribution in [3.05, 3.63) is 108 Å². The van der Waals surface area contributed by atoms with Crippen molar-refractivity contribution in [3.8, 4) is 16.9 Å². The second kappa shape index (κ2) is 11.7. The van der Waals surface area contributed by atoms with E-state index in [0.717, 1.165) is 28.5 Å². The van der Waals surface area contributed by atoms with Gasteiger partial charge in [-0.25, -0.2) is 13.4 Å². The Labute approximate surface area is 242 Å². The number of alkyl halides is 2. The summed E-state index contributed by atoms with van der Waals surface area (Å²) in [6, 6.07) is 22.4. The molecule has 2 heterocycles. The fourth-order valence-electron chi connectivity index (χ4n) is 4.64. The first-order valence-electron chi connectivity index (χ1n) is 13.0. The van der Waals surface area contributed by atoms with E-state index >= 15 is 0 Å². The highest BCUT2D eigenvalue weighted by Gasteiger charge is 2.17. The molecule has 11 heteroatoms. The third-order valence-corrected chi connectivity index (χ3v) is 7.91. The van der Waals surface area contributed by atoms with E-state index in [-0.39, 0.29) is 23.1 Å². The highest BCUT2D eigenvalue weighted by molar-refractivity contribution is 7.90. The number of hydrogen-bond donors (Lipinski definition) is 0. The summed E-state index contributed by atoms with van der Waals surface area (Å²) in [5.41, 5.74) is 4.79. The molecule has 0 saturated heterocycles.